The van der Waals surface area contributed by atoms with E-state index < -0.39 is 14.4 Å². The highest BCUT2D eigenvalue weighted by molar-refractivity contribution is 6.74. The van der Waals surface area contributed by atoms with Crippen LogP contribution in [0.15, 0.2) is 0 Å². The summed E-state index contributed by atoms with van der Waals surface area (Å²) < 4.78 is 12.2. The van der Waals surface area contributed by atoms with E-state index in [1.54, 1.807) is 14.0 Å². The highest BCUT2D eigenvalue weighted by atomic mass is 28.4. The molecular formula is C19H39NO5Si. The number of rotatable bonds is 10. The molecule has 3 atom stereocenters. The number of ether oxygens (including phenoxy) is 1. The fourth-order valence-electron chi connectivity index (χ4n) is 2.35. The van der Waals surface area contributed by atoms with E-state index in [1.165, 1.54) is 7.11 Å². The summed E-state index contributed by atoms with van der Waals surface area (Å²) in [7, 11) is 1.01. The number of carbonyl (C=O) groups excluding carboxylic acids is 2. The molecule has 0 rings (SSSR count). The Labute approximate surface area is 160 Å². The van der Waals surface area contributed by atoms with E-state index in [4.69, 9.17) is 14.0 Å². The molecule has 0 fully saturated rings. The van der Waals surface area contributed by atoms with Crippen molar-refractivity contribution >= 4 is 20.2 Å². The molecule has 0 saturated heterocycles. The normalized spacial score (nSPS) is 15.9. The topological polar surface area (TPSA) is 65.1 Å². The maximum absolute atomic E-state index is 12.3. The summed E-state index contributed by atoms with van der Waals surface area (Å²) in [6.45, 7) is 16.8. The van der Waals surface area contributed by atoms with Gasteiger partial charge in [0.15, 0.2) is 8.32 Å². The third-order valence-corrected chi connectivity index (χ3v) is 9.90. The first-order valence-corrected chi connectivity index (χ1v) is 12.4. The van der Waals surface area contributed by atoms with Crippen molar-refractivity contribution in [2.75, 3.05) is 14.2 Å². The molecule has 1 amide bonds. The summed E-state index contributed by atoms with van der Waals surface area (Å²) in [5.74, 6) is -0.633. The van der Waals surface area contributed by atoms with Crippen molar-refractivity contribution < 1.29 is 23.6 Å². The van der Waals surface area contributed by atoms with Crippen molar-refractivity contribution in [2.45, 2.75) is 91.1 Å². The Bertz CT molecular complexity index is 461. The van der Waals surface area contributed by atoms with Crippen LogP contribution in [-0.4, -0.2) is 51.6 Å². The number of hydroxylamine groups is 2. The molecule has 0 unspecified atom stereocenters. The van der Waals surface area contributed by atoms with Gasteiger partial charge < -0.3 is 9.16 Å². The molecule has 0 saturated carbocycles. The molecule has 0 N–H and O–H groups in total. The van der Waals surface area contributed by atoms with E-state index in [0.717, 1.165) is 11.5 Å². The van der Waals surface area contributed by atoms with Crippen LogP contribution in [0.3, 0.4) is 0 Å². The minimum Gasteiger partial charge on any atom is -0.461 e. The first-order valence-electron chi connectivity index (χ1n) is 9.48. The molecule has 6 nitrogen and oxygen atoms in total. The Morgan fingerprint density at radius 2 is 1.65 bits per heavy atom. The molecule has 0 radical (unpaired) electrons. The molecular weight excluding hydrogens is 350 g/mol. The fraction of sp³-hybridized carbons (Fsp3) is 0.895. The van der Waals surface area contributed by atoms with Gasteiger partial charge in [0.2, 0.25) is 5.91 Å². The van der Waals surface area contributed by atoms with E-state index in [0.29, 0.717) is 0 Å². The van der Waals surface area contributed by atoms with Crippen LogP contribution in [0.1, 0.15) is 60.8 Å². The average molecular weight is 390 g/mol. The minimum absolute atomic E-state index is 0.0776. The van der Waals surface area contributed by atoms with Crippen LogP contribution in [0, 0.1) is 5.92 Å². The highest BCUT2D eigenvalue weighted by Crippen LogP contribution is 2.39. The minimum atomic E-state index is -1.98. The highest BCUT2D eigenvalue weighted by Gasteiger charge is 2.41. The molecule has 0 aromatic rings. The molecule has 0 aromatic carbocycles. The maximum Gasteiger partial charge on any atom is 0.305 e. The second-order valence-corrected chi connectivity index (χ2v) is 13.1. The zero-order valence-corrected chi connectivity index (χ0v) is 19.3. The van der Waals surface area contributed by atoms with Gasteiger partial charge in [-0.2, -0.15) is 0 Å². The number of hydrogen-bond donors (Lipinski definition) is 0. The second kappa shape index (κ2) is 10.4. The van der Waals surface area contributed by atoms with Crippen LogP contribution < -0.4 is 0 Å². The first kappa shape index (κ1) is 25.1. The molecule has 0 aliphatic carbocycles. The largest absolute Gasteiger partial charge is 0.461 e. The predicted molar refractivity (Wildman–Crippen MR) is 106 cm³/mol. The van der Waals surface area contributed by atoms with Crippen molar-refractivity contribution in [1.29, 1.82) is 0 Å². The van der Waals surface area contributed by atoms with Crippen molar-refractivity contribution in [2.24, 2.45) is 5.92 Å². The third-order valence-electron chi connectivity index (χ3n) is 5.40. The van der Waals surface area contributed by atoms with E-state index in [9.17, 15) is 9.59 Å². The molecule has 0 aromatic heterocycles. The van der Waals surface area contributed by atoms with Crippen molar-refractivity contribution in [3.8, 4) is 0 Å². The molecule has 26 heavy (non-hydrogen) atoms. The predicted octanol–water partition coefficient (Wildman–Crippen LogP) is 4.15. The van der Waals surface area contributed by atoms with E-state index in [1.807, 2.05) is 6.92 Å². The Morgan fingerprint density at radius 1 is 1.12 bits per heavy atom. The van der Waals surface area contributed by atoms with Gasteiger partial charge in [-0.3, -0.25) is 14.4 Å². The lowest BCUT2D eigenvalue weighted by Crippen LogP contribution is -2.48. The Kier molecular flexibility index (Phi) is 10.1. The van der Waals surface area contributed by atoms with Gasteiger partial charge in [0, 0.05) is 19.4 Å². The van der Waals surface area contributed by atoms with Gasteiger partial charge in [-0.1, -0.05) is 41.5 Å². The fourth-order valence-corrected chi connectivity index (χ4v) is 3.84. The molecule has 0 spiro atoms. The van der Waals surface area contributed by atoms with Crippen molar-refractivity contribution in [3.05, 3.63) is 0 Å². The number of nitrogens with zero attached hydrogens (tertiary/aromatic N) is 1. The van der Waals surface area contributed by atoms with E-state index >= 15 is 0 Å². The third kappa shape index (κ3) is 7.37. The maximum atomic E-state index is 12.3. The quantitative estimate of drug-likeness (QED) is 0.319. The number of hydrogen-bond acceptors (Lipinski definition) is 5. The average Bonchev–Trinajstić information content (AvgIpc) is 2.56. The smallest absolute Gasteiger partial charge is 0.305 e. The molecule has 0 heterocycles. The van der Waals surface area contributed by atoms with Crippen molar-refractivity contribution in [1.82, 2.24) is 5.06 Å². The van der Waals surface area contributed by atoms with E-state index in [-0.39, 0.29) is 41.8 Å². The number of amides is 1. The summed E-state index contributed by atoms with van der Waals surface area (Å²) in [5.41, 5.74) is 0. The van der Waals surface area contributed by atoms with Crippen LogP contribution in [0.5, 0.6) is 0 Å². The van der Waals surface area contributed by atoms with Gasteiger partial charge in [-0.15, -0.1) is 0 Å². The molecule has 7 heteroatoms. The van der Waals surface area contributed by atoms with Gasteiger partial charge in [0.1, 0.15) is 6.10 Å². The van der Waals surface area contributed by atoms with Crippen LogP contribution in [0.2, 0.25) is 18.1 Å². The van der Waals surface area contributed by atoms with Gasteiger partial charge in [-0.25, -0.2) is 5.06 Å². The standard InChI is InChI=1S/C19H39NO5Si/c1-11-15(25-26(9,10)19(4,5)6)14(3)16(24-18(22)12-2)13-17(21)20(7)23-8/h14-16H,11-13H2,1-10H3/t14-,15+,16-/m0/s1. The SMILES string of the molecule is CCC(=O)O[C@@H](CC(=O)N(C)OC)[C@@H](C)[C@@H](CC)O[Si](C)(C)C(C)(C)C. The zero-order chi connectivity index (χ0) is 20.7. The number of esters is 1. The summed E-state index contributed by atoms with van der Waals surface area (Å²) in [6.07, 6.45) is 0.530. The van der Waals surface area contributed by atoms with Crippen LogP contribution in [-0.2, 0) is 23.6 Å². The monoisotopic (exact) mass is 389 g/mol. The van der Waals surface area contributed by atoms with Gasteiger partial charge in [-0.05, 0) is 24.6 Å². The summed E-state index contributed by atoms with van der Waals surface area (Å²) in [5, 5.41) is 1.25. The van der Waals surface area contributed by atoms with E-state index in [2.05, 4.69) is 40.8 Å². The summed E-state index contributed by atoms with van der Waals surface area (Å²) in [4.78, 5) is 29.1. The Hall–Kier alpha value is -0.923. The second-order valence-electron chi connectivity index (χ2n) is 8.34. The molecule has 0 bridgehead atoms. The Balaban J connectivity index is 5.41. The summed E-state index contributed by atoms with van der Waals surface area (Å²) >= 11 is 0. The first-order chi connectivity index (χ1) is 11.8. The van der Waals surface area contributed by atoms with Crippen molar-refractivity contribution in [3.63, 3.8) is 0 Å². The van der Waals surface area contributed by atoms with Crippen LogP contribution in [0.4, 0.5) is 0 Å². The lowest BCUT2D eigenvalue weighted by atomic mass is 9.93. The molecule has 0 aliphatic heterocycles. The lowest BCUT2D eigenvalue weighted by molar-refractivity contribution is -0.175. The van der Waals surface area contributed by atoms with Gasteiger partial charge in [0.25, 0.3) is 0 Å². The molecule has 0 aliphatic rings. The van der Waals surface area contributed by atoms with Crippen LogP contribution in [0.25, 0.3) is 0 Å². The van der Waals surface area contributed by atoms with Crippen LogP contribution >= 0.6 is 0 Å². The lowest BCUT2D eigenvalue weighted by Gasteiger charge is -2.42. The zero-order valence-electron chi connectivity index (χ0n) is 18.3. The van der Waals surface area contributed by atoms with Gasteiger partial charge in [0.05, 0.1) is 19.6 Å². The molecule has 154 valence electrons. The van der Waals surface area contributed by atoms with Gasteiger partial charge >= 0.3 is 5.97 Å². The Morgan fingerprint density at radius 3 is 2.04 bits per heavy atom. The number of carbonyl (C=O) groups is 2. The summed E-state index contributed by atoms with van der Waals surface area (Å²) in [6, 6.07) is 0.